The van der Waals surface area contributed by atoms with E-state index in [1.165, 1.54) is 0 Å². The zero-order valence-electron chi connectivity index (χ0n) is 9.15. The van der Waals surface area contributed by atoms with Crippen LogP contribution in [-0.4, -0.2) is 26.5 Å². The van der Waals surface area contributed by atoms with E-state index in [2.05, 4.69) is 4.99 Å². The molecule has 0 aliphatic heterocycles. The van der Waals surface area contributed by atoms with Crippen molar-refractivity contribution in [2.75, 3.05) is 6.26 Å². The summed E-state index contributed by atoms with van der Waals surface area (Å²) in [6.07, 6.45) is 0.800. The van der Waals surface area contributed by atoms with E-state index in [0.29, 0.717) is 6.07 Å². The van der Waals surface area contributed by atoms with Gasteiger partial charge in [-0.15, -0.1) is 0 Å². The Hall–Kier alpha value is -1.67. The zero-order valence-corrected chi connectivity index (χ0v) is 10.7. The quantitative estimate of drug-likeness (QED) is 0.601. The van der Waals surface area contributed by atoms with Crippen LogP contribution < -0.4 is 11.5 Å². The largest absolute Gasteiger partial charge is 0.370 e. The van der Waals surface area contributed by atoms with Crippen LogP contribution in [0.3, 0.4) is 0 Å². The Morgan fingerprint density at radius 2 is 1.94 bits per heavy atom. The first-order chi connectivity index (χ1) is 8.12. The van der Waals surface area contributed by atoms with E-state index in [-0.39, 0.29) is 10.6 Å². The first kappa shape index (κ1) is 14.4. The minimum absolute atomic E-state index is 0.282. The fourth-order valence-corrected chi connectivity index (χ4v) is 2.13. The van der Waals surface area contributed by atoms with Crippen LogP contribution in [0.2, 0.25) is 5.02 Å². The maximum absolute atomic E-state index is 13.4. The molecule has 0 fully saturated rings. The number of nitrogens with two attached hydrogens (primary N) is 2. The van der Waals surface area contributed by atoms with Gasteiger partial charge in [0, 0.05) is 6.26 Å². The summed E-state index contributed by atoms with van der Waals surface area (Å²) in [5.74, 6) is -2.52. The summed E-state index contributed by atoms with van der Waals surface area (Å²) in [6, 6.07) is 1.51. The number of halogens is 2. The number of guanidine groups is 1. The molecule has 0 saturated heterocycles. The van der Waals surface area contributed by atoms with Crippen molar-refractivity contribution in [2.24, 2.45) is 16.5 Å². The van der Waals surface area contributed by atoms with Crippen LogP contribution in [0, 0.1) is 5.82 Å². The van der Waals surface area contributed by atoms with E-state index < -0.39 is 32.4 Å². The van der Waals surface area contributed by atoms with E-state index in [1.54, 1.807) is 0 Å². The van der Waals surface area contributed by atoms with Crippen LogP contribution in [0.25, 0.3) is 0 Å². The average molecular weight is 294 g/mol. The van der Waals surface area contributed by atoms with Crippen LogP contribution in [0.15, 0.2) is 22.0 Å². The van der Waals surface area contributed by atoms with Gasteiger partial charge in [0.15, 0.2) is 15.8 Å². The summed E-state index contributed by atoms with van der Waals surface area (Å²) in [4.78, 5) is 14.1. The van der Waals surface area contributed by atoms with E-state index in [9.17, 15) is 17.6 Å². The van der Waals surface area contributed by atoms with Crippen LogP contribution in [0.1, 0.15) is 10.4 Å². The molecule has 0 aliphatic carbocycles. The third kappa shape index (κ3) is 3.17. The molecule has 98 valence electrons. The second-order valence-corrected chi connectivity index (χ2v) is 5.77. The van der Waals surface area contributed by atoms with Crippen molar-refractivity contribution in [3.05, 3.63) is 28.5 Å². The molecule has 0 unspecified atom stereocenters. The highest BCUT2D eigenvalue weighted by atomic mass is 35.5. The number of aliphatic imine (C=N–C) groups is 1. The van der Waals surface area contributed by atoms with E-state index in [0.717, 1.165) is 12.3 Å². The zero-order chi connectivity index (χ0) is 14.1. The van der Waals surface area contributed by atoms with E-state index in [1.807, 2.05) is 0 Å². The predicted octanol–water partition coefficient (Wildman–Crippen LogP) is 0.296. The molecule has 4 N–H and O–H groups in total. The Kier molecular flexibility index (Phi) is 3.92. The van der Waals surface area contributed by atoms with Crippen molar-refractivity contribution < 1.29 is 17.6 Å². The van der Waals surface area contributed by atoms with Gasteiger partial charge in [-0.25, -0.2) is 12.8 Å². The summed E-state index contributed by atoms with van der Waals surface area (Å²) in [6.45, 7) is 0. The van der Waals surface area contributed by atoms with Crippen LogP contribution in [0.5, 0.6) is 0 Å². The molecule has 9 heteroatoms. The molecule has 0 spiro atoms. The van der Waals surface area contributed by atoms with Crippen LogP contribution >= 0.6 is 11.6 Å². The third-order valence-corrected chi connectivity index (χ3v) is 3.31. The summed E-state index contributed by atoms with van der Waals surface area (Å²) in [5, 5.41) is -0.282. The maximum atomic E-state index is 13.4. The minimum atomic E-state index is -3.83. The van der Waals surface area contributed by atoms with Gasteiger partial charge in [-0.1, -0.05) is 11.6 Å². The van der Waals surface area contributed by atoms with Gasteiger partial charge in [0.05, 0.1) is 10.6 Å². The second kappa shape index (κ2) is 4.91. The van der Waals surface area contributed by atoms with Gasteiger partial charge in [0.1, 0.15) is 10.7 Å². The number of carbonyl (C=O) groups is 1. The molecular formula is C9H9ClFN3O3S. The monoisotopic (exact) mass is 293 g/mol. The molecular weight excluding hydrogens is 285 g/mol. The second-order valence-electron chi connectivity index (χ2n) is 3.38. The van der Waals surface area contributed by atoms with Crippen molar-refractivity contribution in [2.45, 2.75) is 4.90 Å². The number of nitrogens with zero attached hydrogens (tertiary/aromatic N) is 1. The van der Waals surface area contributed by atoms with Crippen LogP contribution in [-0.2, 0) is 9.84 Å². The molecule has 1 aromatic carbocycles. The van der Waals surface area contributed by atoms with Gasteiger partial charge in [-0.2, -0.15) is 4.99 Å². The van der Waals surface area contributed by atoms with E-state index in [4.69, 9.17) is 23.1 Å². The Balaban J connectivity index is 3.49. The van der Waals surface area contributed by atoms with Crippen molar-refractivity contribution in [3.63, 3.8) is 0 Å². The van der Waals surface area contributed by atoms with Gasteiger partial charge in [0.2, 0.25) is 0 Å². The maximum Gasteiger partial charge on any atom is 0.281 e. The molecule has 1 aromatic rings. The molecule has 0 radical (unpaired) electrons. The summed E-state index contributed by atoms with van der Waals surface area (Å²) in [7, 11) is -3.83. The lowest BCUT2D eigenvalue weighted by Crippen LogP contribution is -2.24. The third-order valence-electron chi connectivity index (χ3n) is 1.88. The Labute approximate surface area is 107 Å². The number of benzene rings is 1. The highest BCUT2D eigenvalue weighted by molar-refractivity contribution is 7.90. The van der Waals surface area contributed by atoms with Crippen LogP contribution in [0.4, 0.5) is 4.39 Å². The topological polar surface area (TPSA) is 116 Å². The highest BCUT2D eigenvalue weighted by Crippen LogP contribution is 2.24. The molecule has 1 amide bonds. The first-order valence-electron chi connectivity index (χ1n) is 4.46. The van der Waals surface area contributed by atoms with Gasteiger partial charge in [-0.3, -0.25) is 4.79 Å². The number of sulfone groups is 1. The molecule has 0 bridgehead atoms. The van der Waals surface area contributed by atoms with Gasteiger partial charge < -0.3 is 11.5 Å². The van der Waals surface area contributed by atoms with Gasteiger partial charge in [0.25, 0.3) is 5.91 Å². The lowest BCUT2D eigenvalue weighted by atomic mass is 10.2. The van der Waals surface area contributed by atoms with Gasteiger partial charge >= 0.3 is 0 Å². The number of amides is 1. The van der Waals surface area contributed by atoms with Crippen molar-refractivity contribution in [1.29, 1.82) is 0 Å². The van der Waals surface area contributed by atoms with Crippen molar-refractivity contribution in [3.8, 4) is 0 Å². The van der Waals surface area contributed by atoms with Gasteiger partial charge in [-0.05, 0) is 12.1 Å². The van der Waals surface area contributed by atoms with Crippen molar-refractivity contribution in [1.82, 2.24) is 0 Å². The number of hydrogen-bond donors (Lipinski definition) is 2. The number of rotatable bonds is 2. The molecule has 6 nitrogen and oxygen atoms in total. The number of hydrogen-bond acceptors (Lipinski definition) is 3. The lowest BCUT2D eigenvalue weighted by Gasteiger charge is -2.05. The number of carbonyl (C=O) groups excluding carboxylic acids is 1. The molecule has 18 heavy (non-hydrogen) atoms. The Morgan fingerprint density at radius 3 is 2.39 bits per heavy atom. The lowest BCUT2D eigenvalue weighted by molar-refractivity contribution is 0.100. The predicted molar refractivity (Wildman–Crippen MR) is 64.7 cm³/mol. The fourth-order valence-electron chi connectivity index (χ4n) is 1.15. The normalized spacial score (nSPS) is 11.1. The first-order valence-corrected chi connectivity index (χ1v) is 6.73. The van der Waals surface area contributed by atoms with E-state index >= 15 is 0 Å². The molecule has 1 rings (SSSR count). The molecule has 0 aromatic heterocycles. The average Bonchev–Trinajstić information content (AvgIpc) is 2.13. The minimum Gasteiger partial charge on any atom is -0.370 e. The Bertz CT molecular complexity index is 639. The highest BCUT2D eigenvalue weighted by Gasteiger charge is 2.20. The standard InChI is InChI=1S/C9H9ClFN3O3S/c1-18(16,17)7-2-4(5(10)3-6(7)11)8(15)14-9(12)13/h2-3H,1H3,(H4,12,13,14,15). The molecule has 0 heterocycles. The summed E-state index contributed by atoms with van der Waals surface area (Å²) < 4.78 is 36.0. The molecule has 0 aliphatic rings. The SMILES string of the molecule is CS(=O)(=O)c1cc(C(=O)N=C(N)N)c(Cl)cc1F. The molecule has 0 atom stereocenters. The summed E-state index contributed by atoms with van der Waals surface area (Å²) >= 11 is 5.62. The fraction of sp³-hybridized carbons (Fsp3) is 0.111. The Morgan fingerprint density at radius 1 is 1.39 bits per heavy atom. The summed E-state index contributed by atoms with van der Waals surface area (Å²) in [5.41, 5.74) is 9.71. The smallest absolute Gasteiger partial charge is 0.281 e. The molecule has 0 saturated carbocycles. The van der Waals surface area contributed by atoms with Crippen molar-refractivity contribution >= 4 is 33.3 Å².